The average molecular weight is 343 g/mol. The third-order valence-electron chi connectivity index (χ3n) is 3.96. The molecule has 0 fully saturated rings. The molecule has 2 aromatic rings. The van der Waals surface area contributed by atoms with Gasteiger partial charge in [0.1, 0.15) is 17.6 Å². The van der Waals surface area contributed by atoms with Crippen LogP contribution in [0.5, 0.6) is 11.5 Å². The van der Waals surface area contributed by atoms with Crippen LogP contribution in [0.4, 0.5) is 0 Å². The van der Waals surface area contributed by atoms with E-state index in [1.54, 1.807) is 7.11 Å². The van der Waals surface area contributed by atoms with Crippen molar-refractivity contribution in [3.8, 4) is 11.5 Å². The SMILES string of the molecule is COc1ccc(S[C@H](C)C(=O)NC[C@H]2Cc3ccccc3O2)cc1. The summed E-state index contributed by atoms with van der Waals surface area (Å²) < 4.78 is 11.0. The minimum Gasteiger partial charge on any atom is -0.497 e. The Bertz CT molecular complexity index is 677. The van der Waals surface area contributed by atoms with Crippen LogP contribution in [0.3, 0.4) is 0 Å². The van der Waals surface area contributed by atoms with Gasteiger partial charge in [-0.3, -0.25) is 4.79 Å². The van der Waals surface area contributed by atoms with Crippen LogP contribution in [0, 0.1) is 0 Å². The molecule has 1 aliphatic heterocycles. The molecule has 0 aromatic heterocycles. The molecule has 0 radical (unpaired) electrons. The van der Waals surface area contributed by atoms with Crippen LogP contribution in [-0.4, -0.2) is 30.9 Å². The molecule has 0 aliphatic carbocycles. The molecule has 1 aliphatic rings. The van der Waals surface area contributed by atoms with Gasteiger partial charge in [-0.15, -0.1) is 11.8 Å². The van der Waals surface area contributed by atoms with Crippen molar-refractivity contribution in [3.05, 3.63) is 54.1 Å². The predicted molar refractivity (Wildman–Crippen MR) is 95.9 cm³/mol. The van der Waals surface area contributed by atoms with Crippen molar-refractivity contribution in [2.75, 3.05) is 13.7 Å². The number of benzene rings is 2. The molecule has 1 heterocycles. The van der Waals surface area contributed by atoms with Gasteiger partial charge in [0, 0.05) is 11.3 Å². The number of hydrogen-bond donors (Lipinski definition) is 1. The number of para-hydroxylation sites is 1. The first-order valence-corrected chi connectivity index (χ1v) is 8.86. The van der Waals surface area contributed by atoms with Gasteiger partial charge in [0.15, 0.2) is 0 Å². The molecule has 0 bridgehead atoms. The Morgan fingerprint density at radius 1 is 1.29 bits per heavy atom. The Hall–Kier alpha value is -2.14. The maximum atomic E-state index is 12.3. The topological polar surface area (TPSA) is 47.6 Å². The molecule has 0 unspecified atom stereocenters. The maximum Gasteiger partial charge on any atom is 0.233 e. The zero-order valence-electron chi connectivity index (χ0n) is 13.8. The summed E-state index contributed by atoms with van der Waals surface area (Å²) in [5.74, 6) is 1.77. The fourth-order valence-electron chi connectivity index (χ4n) is 2.64. The molecule has 2 aromatic carbocycles. The number of carbonyl (C=O) groups excluding carboxylic acids is 1. The summed E-state index contributed by atoms with van der Waals surface area (Å²) in [5.41, 5.74) is 1.21. The van der Waals surface area contributed by atoms with Crippen LogP contribution in [0.1, 0.15) is 12.5 Å². The highest BCUT2D eigenvalue weighted by Gasteiger charge is 2.23. The van der Waals surface area contributed by atoms with E-state index in [9.17, 15) is 4.79 Å². The summed E-state index contributed by atoms with van der Waals surface area (Å²) in [7, 11) is 1.64. The number of methoxy groups -OCH3 is 1. The monoisotopic (exact) mass is 343 g/mol. The maximum absolute atomic E-state index is 12.3. The molecule has 126 valence electrons. The van der Waals surface area contributed by atoms with E-state index in [1.165, 1.54) is 17.3 Å². The number of rotatable bonds is 6. The summed E-state index contributed by atoms with van der Waals surface area (Å²) >= 11 is 1.53. The van der Waals surface area contributed by atoms with Crippen molar-refractivity contribution in [1.29, 1.82) is 0 Å². The van der Waals surface area contributed by atoms with Crippen LogP contribution in [0.2, 0.25) is 0 Å². The number of thioether (sulfide) groups is 1. The van der Waals surface area contributed by atoms with Crippen molar-refractivity contribution in [1.82, 2.24) is 5.32 Å². The second-order valence-corrected chi connectivity index (χ2v) is 7.15. The average Bonchev–Trinajstić information content (AvgIpc) is 3.03. The largest absolute Gasteiger partial charge is 0.497 e. The summed E-state index contributed by atoms with van der Waals surface area (Å²) in [5, 5.41) is 2.83. The minimum atomic E-state index is -0.165. The van der Waals surface area contributed by atoms with E-state index < -0.39 is 0 Å². The van der Waals surface area contributed by atoms with Crippen molar-refractivity contribution in [2.45, 2.75) is 29.6 Å². The number of amides is 1. The Morgan fingerprint density at radius 3 is 2.75 bits per heavy atom. The highest BCUT2D eigenvalue weighted by atomic mass is 32.2. The Balaban J connectivity index is 1.46. The van der Waals surface area contributed by atoms with Crippen molar-refractivity contribution in [2.24, 2.45) is 0 Å². The van der Waals surface area contributed by atoms with E-state index in [0.717, 1.165) is 22.8 Å². The number of nitrogens with one attached hydrogen (secondary N) is 1. The molecular weight excluding hydrogens is 322 g/mol. The summed E-state index contributed by atoms with van der Waals surface area (Å²) in [4.78, 5) is 13.3. The van der Waals surface area contributed by atoms with Gasteiger partial charge < -0.3 is 14.8 Å². The first kappa shape index (κ1) is 16.7. The molecule has 24 heavy (non-hydrogen) atoms. The summed E-state index contributed by atoms with van der Waals surface area (Å²) in [6, 6.07) is 15.7. The number of fused-ring (bicyclic) bond motifs is 1. The van der Waals surface area contributed by atoms with Gasteiger partial charge in [-0.2, -0.15) is 0 Å². The Morgan fingerprint density at radius 2 is 2.04 bits per heavy atom. The molecule has 3 rings (SSSR count). The lowest BCUT2D eigenvalue weighted by molar-refractivity contribution is -0.120. The number of ether oxygens (including phenoxy) is 2. The smallest absolute Gasteiger partial charge is 0.233 e. The fraction of sp³-hybridized carbons (Fsp3) is 0.316. The van der Waals surface area contributed by atoms with Gasteiger partial charge in [0.25, 0.3) is 0 Å². The van der Waals surface area contributed by atoms with Gasteiger partial charge in [-0.05, 0) is 42.8 Å². The Kier molecular flexibility index (Phi) is 5.30. The molecule has 1 N–H and O–H groups in total. The standard InChI is InChI=1S/C19H21NO3S/c1-13(24-17-9-7-15(22-2)8-10-17)19(21)20-12-16-11-14-5-3-4-6-18(14)23-16/h3-10,13,16H,11-12H2,1-2H3,(H,20,21)/t13-,16-/m1/s1. The second kappa shape index (κ2) is 7.62. The zero-order valence-corrected chi connectivity index (χ0v) is 14.6. The van der Waals surface area contributed by atoms with Crippen molar-refractivity contribution >= 4 is 17.7 Å². The summed E-state index contributed by atoms with van der Waals surface area (Å²) in [6.45, 7) is 2.44. The number of carbonyl (C=O) groups is 1. The van der Waals surface area contributed by atoms with Crippen LogP contribution in [-0.2, 0) is 11.2 Å². The van der Waals surface area contributed by atoms with E-state index in [4.69, 9.17) is 9.47 Å². The lowest BCUT2D eigenvalue weighted by atomic mass is 10.1. The predicted octanol–water partition coefficient (Wildman–Crippen LogP) is 3.30. The molecule has 0 saturated heterocycles. The highest BCUT2D eigenvalue weighted by molar-refractivity contribution is 8.00. The Labute approximate surface area is 146 Å². The molecule has 1 amide bonds. The van der Waals surface area contributed by atoms with Gasteiger partial charge >= 0.3 is 0 Å². The molecular formula is C19H21NO3S. The van der Waals surface area contributed by atoms with Crippen molar-refractivity contribution < 1.29 is 14.3 Å². The van der Waals surface area contributed by atoms with Gasteiger partial charge in [-0.1, -0.05) is 18.2 Å². The fourth-order valence-corrected chi connectivity index (χ4v) is 3.53. The first-order chi connectivity index (χ1) is 11.7. The molecule has 5 heteroatoms. The van der Waals surface area contributed by atoms with E-state index in [-0.39, 0.29) is 17.3 Å². The van der Waals surface area contributed by atoms with Crippen LogP contribution >= 0.6 is 11.8 Å². The van der Waals surface area contributed by atoms with E-state index >= 15 is 0 Å². The van der Waals surface area contributed by atoms with Gasteiger partial charge in [-0.25, -0.2) is 0 Å². The third-order valence-corrected chi connectivity index (χ3v) is 5.07. The molecule has 2 atom stereocenters. The normalized spacial score (nSPS) is 16.8. The number of hydrogen-bond acceptors (Lipinski definition) is 4. The minimum absolute atomic E-state index is 0.0181. The quantitative estimate of drug-likeness (QED) is 0.818. The zero-order chi connectivity index (χ0) is 16.9. The van der Waals surface area contributed by atoms with Gasteiger partial charge in [0.05, 0.1) is 18.9 Å². The van der Waals surface area contributed by atoms with E-state index in [0.29, 0.717) is 6.54 Å². The second-order valence-electron chi connectivity index (χ2n) is 5.73. The lowest BCUT2D eigenvalue weighted by Crippen LogP contribution is -2.38. The van der Waals surface area contributed by atoms with Crippen molar-refractivity contribution in [3.63, 3.8) is 0 Å². The third kappa shape index (κ3) is 4.03. The van der Waals surface area contributed by atoms with Crippen LogP contribution in [0.15, 0.2) is 53.4 Å². The van der Waals surface area contributed by atoms with E-state index in [1.807, 2.05) is 49.4 Å². The van der Waals surface area contributed by atoms with Gasteiger partial charge in [0.2, 0.25) is 5.91 Å². The molecule has 0 spiro atoms. The molecule has 0 saturated carbocycles. The highest BCUT2D eigenvalue weighted by Crippen LogP contribution is 2.28. The van der Waals surface area contributed by atoms with E-state index in [2.05, 4.69) is 11.4 Å². The summed E-state index contributed by atoms with van der Waals surface area (Å²) in [6.07, 6.45) is 0.862. The first-order valence-electron chi connectivity index (χ1n) is 7.98. The van der Waals surface area contributed by atoms with Crippen LogP contribution in [0.25, 0.3) is 0 Å². The molecule has 4 nitrogen and oxygen atoms in total. The van der Waals surface area contributed by atoms with Crippen LogP contribution < -0.4 is 14.8 Å². The lowest BCUT2D eigenvalue weighted by Gasteiger charge is -2.15.